The SMILES string of the molecule is Cc1ccc(-c2nc(CN3CCCC(C(=O)NCC(C)C)C3)no2)cc1. The van der Waals surface area contributed by atoms with Crippen LogP contribution < -0.4 is 5.32 Å². The molecule has 2 heterocycles. The molecule has 140 valence electrons. The Kier molecular flexibility index (Phi) is 6.04. The van der Waals surface area contributed by atoms with E-state index in [2.05, 4.69) is 34.2 Å². The molecule has 1 saturated heterocycles. The largest absolute Gasteiger partial charge is 0.356 e. The van der Waals surface area contributed by atoms with Gasteiger partial charge in [-0.3, -0.25) is 9.69 Å². The van der Waals surface area contributed by atoms with Crippen LogP contribution in [-0.4, -0.2) is 40.6 Å². The lowest BCUT2D eigenvalue weighted by Crippen LogP contribution is -2.43. The third-order valence-electron chi connectivity index (χ3n) is 4.69. The van der Waals surface area contributed by atoms with E-state index in [1.54, 1.807) is 0 Å². The molecule has 1 aliphatic heterocycles. The number of hydrogen-bond acceptors (Lipinski definition) is 5. The molecule has 26 heavy (non-hydrogen) atoms. The Morgan fingerprint density at radius 1 is 1.35 bits per heavy atom. The Hall–Kier alpha value is -2.21. The van der Waals surface area contributed by atoms with E-state index in [4.69, 9.17) is 4.52 Å². The average molecular weight is 356 g/mol. The Bertz CT molecular complexity index is 724. The van der Waals surface area contributed by atoms with Gasteiger partial charge in [0.15, 0.2) is 5.82 Å². The normalized spacial score (nSPS) is 18.2. The van der Waals surface area contributed by atoms with Gasteiger partial charge in [-0.25, -0.2) is 0 Å². The number of aryl methyl sites for hydroxylation is 1. The van der Waals surface area contributed by atoms with Crippen LogP contribution in [0.2, 0.25) is 0 Å². The average Bonchev–Trinajstić information content (AvgIpc) is 3.09. The lowest BCUT2D eigenvalue weighted by molar-refractivity contribution is -0.126. The number of likely N-dealkylation sites (tertiary alicyclic amines) is 1. The lowest BCUT2D eigenvalue weighted by atomic mass is 9.97. The molecule has 1 N–H and O–H groups in total. The Labute approximate surface area is 155 Å². The highest BCUT2D eigenvalue weighted by molar-refractivity contribution is 5.78. The van der Waals surface area contributed by atoms with Crippen LogP contribution in [0.15, 0.2) is 28.8 Å². The fourth-order valence-corrected chi connectivity index (χ4v) is 3.19. The van der Waals surface area contributed by atoms with Gasteiger partial charge in [0.05, 0.1) is 12.5 Å². The number of amides is 1. The van der Waals surface area contributed by atoms with E-state index in [9.17, 15) is 4.79 Å². The number of hydrogen-bond donors (Lipinski definition) is 1. The first-order valence-electron chi connectivity index (χ1n) is 9.41. The molecule has 1 aromatic carbocycles. The molecule has 1 aromatic heterocycles. The molecule has 1 amide bonds. The highest BCUT2D eigenvalue weighted by Crippen LogP contribution is 2.21. The second-order valence-electron chi connectivity index (χ2n) is 7.60. The van der Waals surface area contributed by atoms with E-state index in [0.717, 1.165) is 38.0 Å². The minimum Gasteiger partial charge on any atom is -0.356 e. The van der Waals surface area contributed by atoms with Gasteiger partial charge in [0, 0.05) is 18.7 Å². The predicted molar refractivity (Wildman–Crippen MR) is 100 cm³/mol. The van der Waals surface area contributed by atoms with Crippen molar-refractivity contribution < 1.29 is 9.32 Å². The van der Waals surface area contributed by atoms with Crippen molar-refractivity contribution in [2.75, 3.05) is 19.6 Å². The number of benzene rings is 1. The highest BCUT2D eigenvalue weighted by Gasteiger charge is 2.26. The molecule has 0 saturated carbocycles. The molecule has 3 rings (SSSR count). The first-order valence-corrected chi connectivity index (χ1v) is 9.41. The van der Waals surface area contributed by atoms with Gasteiger partial charge in [0.25, 0.3) is 5.89 Å². The van der Waals surface area contributed by atoms with Crippen LogP contribution in [0.3, 0.4) is 0 Å². The van der Waals surface area contributed by atoms with Crippen LogP contribution in [0.25, 0.3) is 11.5 Å². The predicted octanol–water partition coefficient (Wildman–Crippen LogP) is 3.03. The molecule has 0 spiro atoms. The molecule has 6 nitrogen and oxygen atoms in total. The molecule has 0 bridgehead atoms. The zero-order valence-electron chi connectivity index (χ0n) is 15.9. The van der Waals surface area contributed by atoms with Gasteiger partial charge < -0.3 is 9.84 Å². The summed E-state index contributed by atoms with van der Waals surface area (Å²) < 4.78 is 5.40. The van der Waals surface area contributed by atoms with Crippen molar-refractivity contribution in [2.45, 2.75) is 40.2 Å². The molecule has 6 heteroatoms. The van der Waals surface area contributed by atoms with Gasteiger partial charge in [0.2, 0.25) is 5.91 Å². The fraction of sp³-hybridized carbons (Fsp3) is 0.550. The molecule has 1 atom stereocenters. The molecule has 1 aliphatic rings. The van der Waals surface area contributed by atoms with Crippen LogP contribution in [0.4, 0.5) is 0 Å². The Morgan fingerprint density at radius 2 is 2.12 bits per heavy atom. The van der Waals surface area contributed by atoms with Crippen molar-refractivity contribution in [3.05, 3.63) is 35.7 Å². The number of piperidine rings is 1. The number of nitrogens with one attached hydrogen (secondary N) is 1. The quantitative estimate of drug-likeness (QED) is 0.861. The Morgan fingerprint density at radius 3 is 2.85 bits per heavy atom. The number of carbonyl (C=O) groups is 1. The molecule has 2 aromatic rings. The van der Waals surface area contributed by atoms with Gasteiger partial charge >= 0.3 is 0 Å². The minimum absolute atomic E-state index is 0.0472. The van der Waals surface area contributed by atoms with Gasteiger partial charge in [-0.1, -0.05) is 36.7 Å². The summed E-state index contributed by atoms with van der Waals surface area (Å²) in [5.74, 6) is 1.90. The molecular formula is C20H28N4O2. The van der Waals surface area contributed by atoms with Crippen LogP contribution in [0, 0.1) is 18.8 Å². The number of rotatable bonds is 6. The maximum atomic E-state index is 12.3. The first kappa shape index (κ1) is 18.6. The van der Waals surface area contributed by atoms with Crippen molar-refractivity contribution in [1.82, 2.24) is 20.4 Å². The molecule has 0 radical (unpaired) electrons. The molecular weight excluding hydrogens is 328 g/mol. The van der Waals surface area contributed by atoms with Crippen LogP contribution in [-0.2, 0) is 11.3 Å². The minimum atomic E-state index is 0.0472. The van der Waals surface area contributed by atoms with Crippen LogP contribution in [0.5, 0.6) is 0 Å². The van der Waals surface area contributed by atoms with E-state index in [-0.39, 0.29) is 11.8 Å². The van der Waals surface area contributed by atoms with Crippen molar-refractivity contribution >= 4 is 5.91 Å². The molecule has 1 unspecified atom stereocenters. The second kappa shape index (κ2) is 8.45. The summed E-state index contributed by atoms with van der Waals surface area (Å²) in [6, 6.07) is 8.04. The van der Waals surface area contributed by atoms with E-state index >= 15 is 0 Å². The summed E-state index contributed by atoms with van der Waals surface area (Å²) in [4.78, 5) is 19.1. The summed E-state index contributed by atoms with van der Waals surface area (Å²) in [5.41, 5.74) is 2.13. The molecule has 0 aliphatic carbocycles. The summed E-state index contributed by atoms with van der Waals surface area (Å²) in [6.07, 6.45) is 1.96. The van der Waals surface area contributed by atoms with E-state index < -0.39 is 0 Å². The van der Waals surface area contributed by atoms with Crippen molar-refractivity contribution in [2.24, 2.45) is 11.8 Å². The monoisotopic (exact) mass is 356 g/mol. The zero-order chi connectivity index (χ0) is 18.5. The number of nitrogens with zero attached hydrogens (tertiary/aromatic N) is 3. The van der Waals surface area contributed by atoms with Crippen molar-refractivity contribution in [1.29, 1.82) is 0 Å². The summed E-state index contributed by atoms with van der Waals surface area (Å²) in [6.45, 7) is 9.32. The maximum Gasteiger partial charge on any atom is 0.257 e. The van der Waals surface area contributed by atoms with E-state index in [1.165, 1.54) is 5.56 Å². The van der Waals surface area contributed by atoms with Crippen molar-refractivity contribution in [3.8, 4) is 11.5 Å². The molecule has 1 fully saturated rings. The van der Waals surface area contributed by atoms with Crippen molar-refractivity contribution in [3.63, 3.8) is 0 Å². The topological polar surface area (TPSA) is 71.3 Å². The maximum absolute atomic E-state index is 12.3. The standard InChI is InChI=1S/C20H28N4O2/c1-14(2)11-21-19(25)17-5-4-10-24(12-17)13-18-22-20(26-23-18)16-8-6-15(3)7-9-16/h6-9,14,17H,4-5,10-13H2,1-3H3,(H,21,25). The second-order valence-corrected chi connectivity index (χ2v) is 7.60. The van der Waals surface area contributed by atoms with Gasteiger partial charge in [-0.2, -0.15) is 4.98 Å². The number of aromatic nitrogens is 2. The smallest absolute Gasteiger partial charge is 0.257 e. The summed E-state index contributed by atoms with van der Waals surface area (Å²) in [5, 5.41) is 7.16. The van der Waals surface area contributed by atoms with Gasteiger partial charge in [-0.05, 0) is 44.4 Å². The third kappa shape index (κ3) is 4.91. The van der Waals surface area contributed by atoms with E-state index in [0.29, 0.717) is 24.2 Å². The van der Waals surface area contributed by atoms with Crippen LogP contribution >= 0.6 is 0 Å². The Balaban J connectivity index is 1.57. The lowest BCUT2D eigenvalue weighted by Gasteiger charge is -2.31. The highest BCUT2D eigenvalue weighted by atomic mass is 16.5. The zero-order valence-corrected chi connectivity index (χ0v) is 15.9. The van der Waals surface area contributed by atoms with Crippen LogP contribution in [0.1, 0.15) is 38.1 Å². The first-order chi connectivity index (χ1) is 12.5. The fourth-order valence-electron chi connectivity index (χ4n) is 3.19. The third-order valence-corrected chi connectivity index (χ3v) is 4.69. The summed E-state index contributed by atoms with van der Waals surface area (Å²) in [7, 11) is 0. The summed E-state index contributed by atoms with van der Waals surface area (Å²) >= 11 is 0. The number of carbonyl (C=O) groups excluding carboxylic acids is 1. The van der Waals surface area contributed by atoms with Gasteiger partial charge in [-0.15, -0.1) is 0 Å². The van der Waals surface area contributed by atoms with E-state index in [1.807, 2.05) is 31.2 Å². The van der Waals surface area contributed by atoms with Gasteiger partial charge in [0.1, 0.15) is 0 Å².